The average Bonchev–Trinajstić information content (AvgIpc) is 2.82. The maximum Gasteiger partial charge on any atom is 0.240 e. The van der Waals surface area contributed by atoms with Crippen molar-refractivity contribution < 1.29 is 12.8 Å². The Labute approximate surface area is 212 Å². The molecule has 2 aromatic carbocycles. The minimum atomic E-state index is -3.58. The first-order chi connectivity index (χ1) is 16.2. The number of alkyl halides is 1. The van der Waals surface area contributed by atoms with Crippen molar-refractivity contribution in [1.82, 2.24) is 9.62 Å². The molecule has 1 heterocycles. The van der Waals surface area contributed by atoms with Gasteiger partial charge in [-0.25, -0.2) is 17.5 Å². The number of hydrogen-bond acceptors (Lipinski definition) is 4. The van der Waals surface area contributed by atoms with Crippen LogP contribution in [0.2, 0.25) is 10.0 Å². The molecule has 2 fully saturated rings. The predicted molar refractivity (Wildman–Crippen MR) is 137 cm³/mol. The van der Waals surface area contributed by atoms with Gasteiger partial charge < -0.3 is 4.90 Å². The number of hydrogen-bond donors (Lipinski definition) is 1. The van der Waals surface area contributed by atoms with Gasteiger partial charge >= 0.3 is 0 Å². The first-order valence-electron chi connectivity index (χ1n) is 11.8. The zero-order valence-corrected chi connectivity index (χ0v) is 21.8. The van der Waals surface area contributed by atoms with Crippen molar-refractivity contribution in [3.05, 3.63) is 58.1 Å². The molecule has 2 aliphatic rings. The number of piperazine rings is 1. The Morgan fingerprint density at radius 1 is 1.03 bits per heavy atom. The Bertz CT molecular complexity index is 1080. The molecule has 9 heteroatoms. The summed E-state index contributed by atoms with van der Waals surface area (Å²) in [6.45, 7) is 5.95. The van der Waals surface area contributed by atoms with E-state index in [2.05, 4.69) is 14.5 Å². The first-order valence-corrected chi connectivity index (χ1v) is 14.1. The van der Waals surface area contributed by atoms with Crippen molar-refractivity contribution in [2.45, 2.75) is 55.6 Å². The molecular formula is C25H32Cl2FN3O2S. The Hall–Kier alpha value is -1.38. The second-order valence-corrected chi connectivity index (χ2v) is 12.0. The highest BCUT2D eigenvalue weighted by atomic mass is 35.5. The summed E-state index contributed by atoms with van der Waals surface area (Å²) in [4.78, 5) is 4.78. The van der Waals surface area contributed by atoms with E-state index >= 15 is 4.39 Å². The van der Waals surface area contributed by atoms with Crippen LogP contribution in [-0.2, 0) is 10.0 Å². The maximum absolute atomic E-state index is 15.5. The molecule has 1 aliphatic carbocycles. The molecule has 0 unspecified atom stereocenters. The molecule has 1 saturated carbocycles. The van der Waals surface area contributed by atoms with Gasteiger partial charge in [-0.3, -0.25) is 4.90 Å². The smallest absolute Gasteiger partial charge is 0.240 e. The lowest BCUT2D eigenvalue weighted by molar-refractivity contribution is 0.0706. The van der Waals surface area contributed by atoms with Gasteiger partial charge in [-0.05, 0) is 63.3 Å². The Morgan fingerprint density at radius 3 is 2.32 bits per heavy atom. The fraction of sp³-hybridized carbons (Fsp3) is 0.520. The van der Waals surface area contributed by atoms with Crippen LogP contribution in [0.15, 0.2) is 47.4 Å². The van der Waals surface area contributed by atoms with Crippen molar-refractivity contribution in [2.24, 2.45) is 0 Å². The van der Waals surface area contributed by atoms with E-state index < -0.39 is 15.7 Å². The van der Waals surface area contributed by atoms with Gasteiger partial charge in [-0.2, -0.15) is 0 Å². The van der Waals surface area contributed by atoms with Crippen LogP contribution in [0.1, 0.15) is 37.7 Å². The fourth-order valence-electron chi connectivity index (χ4n) is 4.82. The van der Waals surface area contributed by atoms with Gasteiger partial charge in [-0.1, -0.05) is 47.0 Å². The molecule has 5 nitrogen and oxygen atoms in total. The second-order valence-electron chi connectivity index (χ2n) is 9.51. The molecule has 0 aromatic heterocycles. The number of halogens is 3. The normalized spacial score (nSPS) is 24.4. The Morgan fingerprint density at radius 2 is 1.68 bits per heavy atom. The van der Waals surface area contributed by atoms with Crippen LogP contribution in [0, 0.1) is 6.92 Å². The largest absolute Gasteiger partial charge is 0.368 e. The Balaban J connectivity index is 1.22. The number of anilines is 1. The Kier molecular flexibility index (Phi) is 8.09. The van der Waals surface area contributed by atoms with E-state index in [0.29, 0.717) is 48.7 Å². The predicted octanol–water partition coefficient (Wildman–Crippen LogP) is 5.44. The summed E-state index contributed by atoms with van der Waals surface area (Å²) in [5, 5.41) is 1.13. The summed E-state index contributed by atoms with van der Waals surface area (Å²) in [6, 6.07) is 12.2. The third-order valence-corrected chi connectivity index (χ3v) is 9.40. The van der Waals surface area contributed by atoms with Gasteiger partial charge in [0.1, 0.15) is 5.67 Å². The highest BCUT2D eigenvalue weighted by molar-refractivity contribution is 7.89. The zero-order valence-electron chi connectivity index (χ0n) is 19.4. The summed E-state index contributed by atoms with van der Waals surface area (Å²) >= 11 is 12.5. The molecule has 1 N–H and O–H groups in total. The van der Waals surface area contributed by atoms with Crippen LogP contribution in [0.3, 0.4) is 0 Å². The molecule has 0 spiro atoms. The number of sulfonamides is 1. The van der Waals surface area contributed by atoms with Gasteiger partial charge in [0, 0.05) is 38.8 Å². The molecular weight excluding hydrogens is 496 g/mol. The summed E-state index contributed by atoms with van der Waals surface area (Å²) in [5.41, 5.74) is 0.717. The first kappa shape index (κ1) is 25.7. The van der Waals surface area contributed by atoms with Crippen LogP contribution in [0.4, 0.5) is 10.1 Å². The summed E-state index contributed by atoms with van der Waals surface area (Å²) in [7, 11) is -3.58. The minimum Gasteiger partial charge on any atom is -0.368 e. The monoisotopic (exact) mass is 527 g/mol. The number of rotatable bonds is 7. The zero-order chi connectivity index (χ0) is 24.3. The summed E-state index contributed by atoms with van der Waals surface area (Å²) in [6.07, 6.45) is 2.27. The maximum atomic E-state index is 15.5. The molecule has 186 valence electrons. The lowest BCUT2D eigenvalue weighted by atomic mass is 9.81. The van der Waals surface area contributed by atoms with Gasteiger partial charge in [0.2, 0.25) is 10.0 Å². The van der Waals surface area contributed by atoms with Crippen molar-refractivity contribution in [2.75, 3.05) is 37.6 Å². The molecule has 0 atom stereocenters. The molecule has 0 bridgehead atoms. The van der Waals surface area contributed by atoms with Crippen molar-refractivity contribution in [3.8, 4) is 0 Å². The second kappa shape index (κ2) is 10.7. The topological polar surface area (TPSA) is 52.7 Å². The van der Waals surface area contributed by atoms with E-state index in [1.54, 1.807) is 30.3 Å². The minimum absolute atomic E-state index is 0.221. The van der Waals surface area contributed by atoms with Gasteiger partial charge in [0.05, 0.1) is 20.6 Å². The van der Waals surface area contributed by atoms with E-state index in [1.807, 2.05) is 19.1 Å². The molecule has 4 rings (SSSR count). The van der Waals surface area contributed by atoms with Crippen LogP contribution < -0.4 is 9.62 Å². The molecule has 0 amide bonds. The number of nitrogens with one attached hydrogen (secondary N) is 1. The third-order valence-electron chi connectivity index (χ3n) is 7.06. The van der Waals surface area contributed by atoms with E-state index in [9.17, 15) is 8.42 Å². The number of nitrogens with zero attached hydrogens (tertiary/aromatic N) is 2. The molecule has 34 heavy (non-hydrogen) atoms. The van der Waals surface area contributed by atoms with Crippen LogP contribution >= 0.6 is 23.2 Å². The number of benzene rings is 2. The SMILES string of the molecule is Cc1ccc(S(=O)(=O)NC2CCC(F)(CCN3CCN(c4cccc(Cl)c4Cl)CC3)CC2)cc1. The highest BCUT2D eigenvalue weighted by Crippen LogP contribution is 2.36. The fourth-order valence-corrected chi connectivity index (χ4v) is 6.54. The summed E-state index contributed by atoms with van der Waals surface area (Å²) in [5.74, 6) is 0. The van der Waals surface area contributed by atoms with E-state index in [-0.39, 0.29) is 10.9 Å². The standard InChI is InChI=1S/C25H32Cl2FN3O2S/c1-19-5-7-21(8-6-19)34(32,33)29-20-9-11-25(28,12-10-20)13-14-30-15-17-31(18-16-30)23-4-2-3-22(26)24(23)27/h2-8,20,29H,9-18H2,1H3. The van der Waals surface area contributed by atoms with Gasteiger partial charge in [-0.15, -0.1) is 0 Å². The highest BCUT2D eigenvalue weighted by Gasteiger charge is 2.37. The molecule has 1 saturated heterocycles. The van der Waals surface area contributed by atoms with E-state index in [0.717, 1.165) is 37.4 Å². The number of aryl methyl sites for hydroxylation is 1. The van der Waals surface area contributed by atoms with Crippen molar-refractivity contribution in [1.29, 1.82) is 0 Å². The lowest BCUT2D eigenvalue weighted by Crippen LogP contribution is -2.48. The summed E-state index contributed by atoms with van der Waals surface area (Å²) < 4.78 is 43.6. The van der Waals surface area contributed by atoms with Crippen LogP contribution in [0.25, 0.3) is 0 Å². The molecule has 2 aromatic rings. The average molecular weight is 529 g/mol. The van der Waals surface area contributed by atoms with Crippen LogP contribution in [-0.4, -0.2) is 57.8 Å². The van der Waals surface area contributed by atoms with Gasteiger partial charge in [0.15, 0.2) is 0 Å². The third kappa shape index (κ3) is 6.24. The van der Waals surface area contributed by atoms with E-state index in [1.165, 1.54) is 0 Å². The van der Waals surface area contributed by atoms with Gasteiger partial charge in [0.25, 0.3) is 0 Å². The van der Waals surface area contributed by atoms with Crippen molar-refractivity contribution >= 4 is 38.9 Å². The van der Waals surface area contributed by atoms with Crippen molar-refractivity contribution in [3.63, 3.8) is 0 Å². The van der Waals surface area contributed by atoms with Crippen LogP contribution in [0.5, 0.6) is 0 Å². The molecule has 0 radical (unpaired) electrons. The lowest BCUT2D eigenvalue weighted by Gasteiger charge is -2.39. The quantitative estimate of drug-likeness (QED) is 0.520. The van der Waals surface area contributed by atoms with E-state index in [4.69, 9.17) is 23.2 Å². The molecule has 1 aliphatic heterocycles.